The highest BCUT2D eigenvalue weighted by atomic mass is 16.5. The number of carbonyl (C=O) groups is 4. The van der Waals surface area contributed by atoms with Gasteiger partial charge in [-0.1, -0.05) is 18.9 Å². The van der Waals surface area contributed by atoms with Gasteiger partial charge in [0.25, 0.3) is 5.91 Å². The van der Waals surface area contributed by atoms with Crippen LogP contribution in [0.1, 0.15) is 42.6 Å². The molecule has 0 unspecified atom stereocenters. The van der Waals surface area contributed by atoms with Crippen LogP contribution in [0.4, 0.5) is 0 Å². The van der Waals surface area contributed by atoms with Crippen molar-refractivity contribution in [2.45, 2.75) is 49.8 Å². The number of hydrogen-bond acceptors (Lipinski definition) is 7. The van der Waals surface area contributed by atoms with Crippen molar-refractivity contribution >= 4 is 34.5 Å². The third-order valence-corrected chi connectivity index (χ3v) is 7.54. The molecule has 2 aromatic rings. The van der Waals surface area contributed by atoms with Gasteiger partial charge in [0, 0.05) is 10.9 Å². The van der Waals surface area contributed by atoms with Gasteiger partial charge in [0.2, 0.25) is 17.7 Å². The lowest BCUT2D eigenvalue weighted by molar-refractivity contribution is -0.135. The van der Waals surface area contributed by atoms with E-state index in [2.05, 4.69) is 20.9 Å². The monoisotopic (exact) mass is 493 g/mol. The second kappa shape index (κ2) is 8.95. The molecule has 5 N–H and O–H groups in total. The maximum absolute atomic E-state index is 13.4. The second-order valence-corrected chi connectivity index (χ2v) is 9.85. The number of nitriles is 1. The Kier molecular flexibility index (Phi) is 5.92. The number of aliphatic hydroxyl groups is 1. The predicted octanol–water partition coefficient (Wildman–Crippen LogP) is 0.497. The van der Waals surface area contributed by atoms with Gasteiger partial charge in [-0.3, -0.25) is 24.5 Å². The van der Waals surface area contributed by atoms with Crippen LogP contribution in [-0.4, -0.2) is 58.5 Å². The molecule has 0 bridgehead atoms. The summed E-state index contributed by atoms with van der Waals surface area (Å²) >= 11 is 0. The molecule has 0 radical (unpaired) electrons. The molecule has 3 fully saturated rings. The highest BCUT2D eigenvalue weighted by Crippen LogP contribution is 2.40. The van der Waals surface area contributed by atoms with E-state index in [1.165, 1.54) is 7.11 Å². The molecule has 2 saturated carbocycles. The molecule has 3 aliphatic rings. The van der Waals surface area contributed by atoms with E-state index in [0.717, 1.165) is 18.2 Å². The number of methoxy groups -OCH3 is 1. The third kappa shape index (κ3) is 4.07. The number of nitrogens with zero attached hydrogens (tertiary/aromatic N) is 1. The number of H-pyrrole nitrogens is 1. The highest BCUT2D eigenvalue weighted by Gasteiger charge is 2.58. The first-order chi connectivity index (χ1) is 17.3. The Bertz CT molecular complexity index is 1290. The number of aliphatic hydroxyl groups excluding tert-OH is 1. The Labute approximate surface area is 206 Å². The second-order valence-electron chi connectivity index (χ2n) is 9.85. The summed E-state index contributed by atoms with van der Waals surface area (Å²) in [4.78, 5) is 53.8. The number of ether oxygens (including phenoxy) is 1. The fraction of sp³-hybridized carbons (Fsp3) is 0.480. The molecular formula is C25H27N5O6. The summed E-state index contributed by atoms with van der Waals surface area (Å²) in [5.74, 6) is -3.21. The molecule has 5 atom stereocenters. The van der Waals surface area contributed by atoms with Crippen LogP contribution in [0.5, 0.6) is 5.75 Å². The van der Waals surface area contributed by atoms with Gasteiger partial charge >= 0.3 is 0 Å². The Morgan fingerprint density at radius 3 is 2.75 bits per heavy atom. The Morgan fingerprint density at radius 1 is 1.28 bits per heavy atom. The van der Waals surface area contributed by atoms with Gasteiger partial charge in [0.15, 0.2) is 5.54 Å². The van der Waals surface area contributed by atoms with Gasteiger partial charge in [-0.15, -0.1) is 0 Å². The van der Waals surface area contributed by atoms with Gasteiger partial charge in [-0.25, -0.2) is 0 Å². The van der Waals surface area contributed by atoms with Crippen molar-refractivity contribution in [2.24, 2.45) is 17.8 Å². The van der Waals surface area contributed by atoms with E-state index in [9.17, 15) is 29.5 Å². The van der Waals surface area contributed by atoms with Gasteiger partial charge in [0.1, 0.15) is 23.6 Å². The number of fused-ring (bicyclic) bond motifs is 2. The molecule has 0 spiro atoms. The van der Waals surface area contributed by atoms with E-state index in [1.54, 1.807) is 24.3 Å². The van der Waals surface area contributed by atoms with Gasteiger partial charge in [-0.2, -0.15) is 5.26 Å². The van der Waals surface area contributed by atoms with E-state index < -0.39 is 53.1 Å². The number of imide groups is 1. The van der Waals surface area contributed by atoms with Crippen LogP contribution in [0.15, 0.2) is 24.3 Å². The molecule has 2 heterocycles. The zero-order valence-electron chi connectivity index (χ0n) is 19.7. The molecule has 1 aromatic carbocycles. The van der Waals surface area contributed by atoms with Crippen LogP contribution in [0.2, 0.25) is 0 Å². The average molecular weight is 494 g/mol. The lowest BCUT2D eigenvalue weighted by Crippen LogP contribution is -2.65. The molecule has 4 amide bonds. The zero-order valence-corrected chi connectivity index (χ0v) is 19.7. The first-order valence-electron chi connectivity index (χ1n) is 12.0. The molecule has 36 heavy (non-hydrogen) atoms. The quantitative estimate of drug-likeness (QED) is 0.349. The fourth-order valence-corrected chi connectivity index (χ4v) is 5.33. The molecule has 1 aliphatic heterocycles. The van der Waals surface area contributed by atoms with Crippen molar-refractivity contribution in [1.82, 2.24) is 20.9 Å². The molecule has 11 heteroatoms. The minimum absolute atomic E-state index is 0.00415. The first-order valence-corrected chi connectivity index (χ1v) is 12.0. The van der Waals surface area contributed by atoms with E-state index in [0.29, 0.717) is 17.7 Å². The van der Waals surface area contributed by atoms with E-state index in [-0.39, 0.29) is 24.5 Å². The number of carbonyl (C=O) groups excluding carboxylic acids is 4. The Balaban J connectivity index is 1.35. The largest absolute Gasteiger partial charge is 0.496 e. The molecule has 11 nitrogen and oxygen atoms in total. The Morgan fingerprint density at radius 2 is 2.06 bits per heavy atom. The summed E-state index contributed by atoms with van der Waals surface area (Å²) in [6, 6.07) is 8.05. The van der Waals surface area contributed by atoms with Crippen molar-refractivity contribution in [3.8, 4) is 11.8 Å². The average Bonchev–Trinajstić information content (AvgIpc) is 3.48. The van der Waals surface area contributed by atoms with Gasteiger partial charge < -0.3 is 25.5 Å². The molecule has 2 aliphatic carbocycles. The van der Waals surface area contributed by atoms with Gasteiger partial charge in [-0.05, 0) is 43.4 Å². The summed E-state index contributed by atoms with van der Waals surface area (Å²) in [6.45, 7) is 0. The van der Waals surface area contributed by atoms with Gasteiger partial charge in [0.05, 0.1) is 25.0 Å². The molecular weight excluding hydrogens is 466 g/mol. The standard InChI is InChI=1S/C25H27N5O6/c1-36-18-4-2-3-15-14(18)10-17(27-15)22(33)28-16(9-12-5-6-12)23(34)30-25(11-26)8-7-13-19(20(25)31)24(35)29-21(13)32/h2-4,10,12-13,16,19-20,27,31H,5-9H2,1H3,(H,28,33)(H,30,34)(H,29,32,35)/t13-,16-,19-,20-,25+/m0/s1. The van der Waals surface area contributed by atoms with Crippen LogP contribution < -0.4 is 20.7 Å². The number of nitrogens with one attached hydrogen (secondary N) is 4. The SMILES string of the molecule is COc1cccc2[nH]c(C(=O)N[C@@H](CC3CC3)C(=O)N[C@@]3(C#N)CC[C@@H]4C(=O)NC(=O)[C@@H]4[C@@H]3O)cc12. The van der Waals surface area contributed by atoms with Crippen LogP contribution in [-0.2, 0) is 14.4 Å². The molecule has 5 rings (SSSR count). The summed E-state index contributed by atoms with van der Waals surface area (Å²) < 4.78 is 5.34. The maximum atomic E-state index is 13.4. The fourth-order valence-electron chi connectivity index (χ4n) is 5.33. The number of aromatic nitrogens is 1. The normalized spacial score (nSPS) is 28.1. The van der Waals surface area contributed by atoms with Crippen LogP contribution >= 0.6 is 0 Å². The minimum atomic E-state index is -1.75. The summed E-state index contributed by atoms with van der Waals surface area (Å²) in [6.07, 6.45) is 0.857. The summed E-state index contributed by atoms with van der Waals surface area (Å²) in [5, 5.41) is 29.2. The van der Waals surface area contributed by atoms with Crippen LogP contribution in [0, 0.1) is 29.1 Å². The van der Waals surface area contributed by atoms with E-state index in [1.807, 2.05) is 6.07 Å². The predicted molar refractivity (Wildman–Crippen MR) is 125 cm³/mol. The number of hydrogen-bond donors (Lipinski definition) is 5. The van der Waals surface area contributed by atoms with Crippen LogP contribution in [0.3, 0.4) is 0 Å². The molecule has 188 valence electrons. The van der Waals surface area contributed by atoms with Crippen molar-refractivity contribution in [1.29, 1.82) is 5.26 Å². The van der Waals surface area contributed by atoms with Crippen LogP contribution in [0.25, 0.3) is 10.9 Å². The van der Waals surface area contributed by atoms with E-state index >= 15 is 0 Å². The number of benzene rings is 1. The lowest BCUT2D eigenvalue weighted by atomic mass is 9.69. The molecule has 1 saturated heterocycles. The smallest absolute Gasteiger partial charge is 0.268 e. The number of rotatable bonds is 7. The molecule has 1 aromatic heterocycles. The number of amides is 4. The summed E-state index contributed by atoms with van der Waals surface area (Å²) in [5.41, 5.74) is -0.795. The number of aromatic amines is 1. The van der Waals surface area contributed by atoms with Crippen molar-refractivity contribution in [2.75, 3.05) is 7.11 Å². The van der Waals surface area contributed by atoms with E-state index in [4.69, 9.17) is 4.74 Å². The highest BCUT2D eigenvalue weighted by molar-refractivity contribution is 6.06. The lowest BCUT2D eigenvalue weighted by Gasteiger charge is -2.41. The van der Waals surface area contributed by atoms with Crippen molar-refractivity contribution in [3.63, 3.8) is 0 Å². The Hall–Kier alpha value is -3.91. The topological polar surface area (TPSA) is 173 Å². The third-order valence-electron chi connectivity index (χ3n) is 7.54. The summed E-state index contributed by atoms with van der Waals surface area (Å²) in [7, 11) is 1.54. The first kappa shape index (κ1) is 23.8. The maximum Gasteiger partial charge on any atom is 0.268 e. The zero-order chi connectivity index (χ0) is 25.6. The van der Waals surface area contributed by atoms with Crippen molar-refractivity contribution < 1.29 is 29.0 Å². The minimum Gasteiger partial charge on any atom is -0.496 e. The van der Waals surface area contributed by atoms with Crippen molar-refractivity contribution in [3.05, 3.63) is 30.0 Å².